The molecular weight excluding hydrogens is 414 g/mol. The summed E-state index contributed by atoms with van der Waals surface area (Å²) in [6, 6.07) is 8.07. The Morgan fingerprint density at radius 1 is 1.30 bits per heavy atom. The zero-order valence-electron chi connectivity index (χ0n) is 15.5. The van der Waals surface area contributed by atoms with Crippen LogP contribution in [0, 0.1) is 17.2 Å². The Kier molecular flexibility index (Phi) is 6.60. The van der Waals surface area contributed by atoms with Crippen LogP contribution in [0.2, 0.25) is 0 Å². The van der Waals surface area contributed by atoms with Gasteiger partial charge >= 0.3 is 6.09 Å². The molecule has 0 aromatic heterocycles. The molecule has 2 amide bonds. The van der Waals surface area contributed by atoms with Crippen LogP contribution in [0.5, 0.6) is 0 Å². The second kappa shape index (κ2) is 8.53. The van der Waals surface area contributed by atoms with Crippen molar-refractivity contribution in [1.29, 1.82) is 5.26 Å². The molecule has 2 rings (SSSR count). The molecule has 27 heavy (non-hydrogen) atoms. The minimum Gasteiger partial charge on any atom is -0.444 e. The molecule has 0 bridgehead atoms. The highest BCUT2D eigenvalue weighted by molar-refractivity contribution is 9.10. The summed E-state index contributed by atoms with van der Waals surface area (Å²) >= 11 is 3.30. The number of ketones is 1. The molecule has 1 fully saturated rings. The molecule has 144 valence electrons. The van der Waals surface area contributed by atoms with Crippen molar-refractivity contribution in [3.8, 4) is 6.07 Å². The van der Waals surface area contributed by atoms with Gasteiger partial charge in [-0.3, -0.25) is 14.5 Å². The number of ether oxygens (including phenoxy) is 1. The van der Waals surface area contributed by atoms with Crippen LogP contribution in [0.4, 0.5) is 4.79 Å². The smallest absolute Gasteiger partial charge is 0.411 e. The number of nitrogens with one attached hydrogen (secondary N) is 1. The van der Waals surface area contributed by atoms with Crippen molar-refractivity contribution in [2.45, 2.75) is 38.8 Å². The molecule has 1 unspecified atom stereocenters. The Labute approximate surface area is 166 Å². The lowest BCUT2D eigenvalue weighted by Gasteiger charge is -2.27. The number of carbonyl (C=O) groups excluding carboxylic acids is 3. The number of hydrogen-bond acceptors (Lipinski definition) is 5. The zero-order valence-corrected chi connectivity index (χ0v) is 17.1. The van der Waals surface area contributed by atoms with E-state index >= 15 is 0 Å². The van der Waals surface area contributed by atoms with Crippen molar-refractivity contribution in [3.63, 3.8) is 0 Å². The van der Waals surface area contributed by atoms with E-state index in [2.05, 4.69) is 27.3 Å². The first-order chi connectivity index (χ1) is 12.6. The highest BCUT2D eigenvalue weighted by Crippen LogP contribution is 2.25. The minimum absolute atomic E-state index is 0.129. The molecule has 0 saturated carbocycles. The van der Waals surface area contributed by atoms with E-state index in [4.69, 9.17) is 10.00 Å². The average molecular weight is 436 g/mol. The van der Waals surface area contributed by atoms with Gasteiger partial charge in [0.05, 0.1) is 18.5 Å². The van der Waals surface area contributed by atoms with Crippen LogP contribution >= 0.6 is 15.9 Å². The van der Waals surface area contributed by atoms with Gasteiger partial charge in [-0.1, -0.05) is 28.1 Å². The van der Waals surface area contributed by atoms with Gasteiger partial charge in [0.25, 0.3) is 0 Å². The van der Waals surface area contributed by atoms with Crippen molar-refractivity contribution >= 4 is 33.7 Å². The van der Waals surface area contributed by atoms with E-state index in [1.165, 1.54) is 4.90 Å². The topological polar surface area (TPSA) is 99.5 Å². The Hall–Kier alpha value is -2.40. The number of likely N-dealkylation sites (tertiary alicyclic amines) is 1. The fourth-order valence-electron chi connectivity index (χ4n) is 2.72. The number of amides is 2. The molecule has 8 heteroatoms. The molecule has 2 atom stereocenters. The number of carbonyl (C=O) groups is 3. The number of nitrogens with zero attached hydrogens (tertiary/aromatic N) is 2. The molecule has 1 N–H and O–H groups in total. The maximum atomic E-state index is 12.5. The van der Waals surface area contributed by atoms with Crippen LogP contribution in [-0.4, -0.2) is 47.4 Å². The largest absolute Gasteiger partial charge is 0.444 e. The first kappa shape index (κ1) is 20.9. The standard InChI is InChI=1S/C19H22BrN3O4/c1-19(2,3)27-18(26)23-11-12(9-21)8-15(23)17(25)22-10-16(24)13-4-6-14(20)7-5-13/h4-7,12,15H,8,10-11H2,1-3H3,(H,22,25)/t12-,15?/m0/s1. The minimum atomic E-state index is -0.831. The molecule has 1 aliphatic heterocycles. The van der Waals surface area contributed by atoms with Crippen molar-refractivity contribution in [3.05, 3.63) is 34.3 Å². The Bertz CT molecular complexity index is 765. The summed E-state index contributed by atoms with van der Waals surface area (Å²) in [5.41, 5.74) is -0.232. The third kappa shape index (κ3) is 5.79. The maximum Gasteiger partial charge on any atom is 0.411 e. The molecule has 1 aliphatic rings. The maximum absolute atomic E-state index is 12.5. The lowest BCUT2D eigenvalue weighted by molar-refractivity contribution is -0.125. The highest BCUT2D eigenvalue weighted by Gasteiger charge is 2.41. The van der Waals surface area contributed by atoms with E-state index in [1.54, 1.807) is 45.0 Å². The predicted molar refractivity (Wildman–Crippen MR) is 102 cm³/mol. The summed E-state index contributed by atoms with van der Waals surface area (Å²) in [4.78, 5) is 38.4. The van der Waals surface area contributed by atoms with E-state index in [-0.39, 0.29) is 25.3 Å². The molecule has 0 spiro atoms. The third-order valence-corrected chi connectivity index (χ3v) is 4.53. The predicted octanol–water partition coefficient (Wildman–Crippen LogP) is 2.90. The fraction of sp³-hybridized carbons (Fsp3) is 0.474. The van der Waals surface area contributed by atoms with Gasteiger partial charge in [-0.15, -0.1) is 0 Å². The summed E-state index contributed by atoms with van der Waals surface area (Å²) in [6.45, 7) is 5.14. The SMILES string of the molecule is CC(C)(C)OC(=O)N1C[C@H](C#N)CC1C(=O)NCC(=O)c1ccc(Br)cc1. The van der Waals surface area contributed by atoms with Gasteiger partial charge in [0, 0.05) is 16.6 Å². The summed E-state index contributed by atoms with van der Waals surface area (Å²) in [6.07, 6.45) is -0.423. The van der Waals surface area contributed by atoms with E-state index < -0.39 is 29.6 Å². The van der Waals surface area contributed by atoms with Crippen LogP contribution < -0.4 is 5.32 Å². The van der Waals surface area contributed by atoms with Crippen molar-refractivity contribution in [2.24, 2.45) is 5.92 Å². The summed E-state index contributed by atoms with van der Waals surface area (Å²) in [5, 5.41) is 11.7. The van der Waals surface area contributed by atoms with Gasteiger partial charge < -0.3 is 10.1 Å². The Morgan fingerprint density at radius 2 is 1.93 bits per heavy atom. The van der Waals surface area contributed by atoms with Crippen LogP contribution in [0.25, 0.3) is 0 Å². The highest BCUT2D eigenvalue weighted by atomic mass is 79.9. The zero-order chi connectivity index (χ0) is 20.2. The summed E-state index contributed by atoms with van der Waals surface area (Å²) < 4.78 is 6.18. The van der Waals surface area contributed by atoms with E-state index in [0.717, 1.165) is 4.47 Å². The molecule has 1 saturated heterocycles. The summed E-state index contributed by atoms with van der Waals surface area (Å²) in [5.74, 6) is -1.16. The van der Waals surface area contributed by atoms with Crippen LogP contribution in [-0.2, 0) is 9.53 Å². The van der Waals surface area contributed by atoms with Gasteiger partial charge in [0.15, 0.2) is 5.78 Å². The number of benzene rings is 1. The lowest BCUT2D eigenvalue weighted by atomic mass is 10.1. The van der Waals surface area contributed by atoms with Crippen molar-refractivity contribution < 1.29 is 19.1 Å². The van der Waals surface area contributed by atoms with Crippen molar-refractivity contribution in [2.75, 3.05) is 13.1 Å². The molecule has 1 aromatic carbocycles. The molecule has 1 aromatic rings. The number of hydrogen-bond donors (Lipinski definition) is 1. The monoisotopic (exact) mass is 435 g/mol. The number of nitriles is 1. The second-order valence-electron chi connectivity index (χ2n) is 7.36. The van der Waals surface area contributed by atoms with Gasteiger partial charge in [-0.05, 0) is 39.3 Å². The first-order valence-electron chi connectivity index (χ1n) is 8.56. The Morgan fingerprint density at radius 3 is 2.48 bits per heavy atom. The molecule has 1 heterocycles. The van der Waals surface area contributed by atoms with E-state index in [1.807, 2.05) is 0 Å². The summed E-state index contributed by atoms with van der Waals surface area (Å²) in [7, 11) is 0. The van der Waals surface area contributed by atoms with Gasteiger partial charge in [-0.25, -0.2) is 4.79 Å². The van der Waals surface area contributed by atoms with Crippen LogP contribution in [0.15, 0.2) is 28.7 Å². The van der Waals surface area contributed by atoms with E-state index in [0.29, 0.717) is 5.56 Å². The van der Waals surface area contributed by atoms with Gasteiger partial charge in [-0.2, -0.15) is 5.26 Å². The molecule has 0 aliphatic carbocycles. The van der Waals surface area contributed by atoms with Crippen LogP contribution in [0.3, 0.4) is 0 Å². The van der Waals surface area contributed by atoms with Gasteiger partial charge in [0.1, 0.15) is 11.6 Å². The number of Topliss-reactive ketones (excluding diaryl/α,β-unsaturated/α-hetero) is 1. The Balaban J connectivity index is 2.01. The number of halogens is 1. The fourth-order valence-corrected chi connectivity index (χ4v) is 2.99. The third-order valence-electron chi connectivity index (χ3n) is 4.00. The number of rotatable bonds is 4. The second-order valence-corrected chi connectivity index (χ2v) is 8.27. The molecule has 7 nitrogen and oxygen atoms in total. The molecule has 0 radical (unpaired) electrons. The van der Waals surface area contributed by atoms with Gasteiger partial charge in [0.2, 0.25) is 5.91 Å². The lowest BCUT2D eigenvalue weighted by Crippen LogP contribution is -2.48. The van der Waals surface area contributed by atoms with Crippen LogP contribution in [0.1, 0.15) is 37.6 Å². The first-order valence-corrected chi connectivity index (χ1v) is 9.35. The molecular formula is C19H22BrN3O4. The van der Waals surface area contributed by atoms with E-state index in [9.17, 15) is 14.4 Å². The normalized spacial score (nSPS) is 19.3. The quantitative estimate of drug-likeness (QED) is 0.732. The van der Waals surface area contributed by atoms with Crippen molar-refractivity contribution in [1.82, 2.24) is 10.2 Å². The average Bonchev–Trinajstić information content (AvgIpc) is 3.03.